The van der Waals surface area contributed by atoms with Crippen molar-refractivity contribution in [1.82, 2.24) is 15.0 Å². The standard InChI is InChI=1S/C11H6N4O2S/c12-3-8-5-15-10(6-13-8)18-9-2-1-7(4-14-9)11(16)17/h1-2,4-6H,(H,16,17). The molecule has 18 heavy (non-hydrogen) atoms. The molecule has 6 nitrogen and oxygen atoms in total. The van der Waals surface area contributed by atoms with E-state index in [9.17, 15) is 4.79 Å². The number of hydrogen-bond acceptors (Lipinski definition) is 6. The molecule has 7 heteroatoms. The number of pyridine rings is 1. The Morgan fingerprint density at radius 2 is 1.94 bits per heavy atom. The smallest absolute Gasteiger partial charge is 0.337 e. The van der Waals surface area contributed by atoms with Crippen molar-refractivity contribution in [2.24, 2.45) is 0 Å². The lowest BCUT2D eigenvalue weighted by molar-refractivity contribution is 0.0696. The fraction of sp³-hybridized carbons (Fsp3) is 0. The summed E-state index contributed by atoms with van der Waals surface area (Å²) in [5, 5.41) is 18.5. The summed E-state index contributed by atoms with van der Waals surface area (Å²) < 4.78 is 0. The Morgan fingerprint density at radius 3 is 2.44 bits per heavy atom. The minimum absolute atomic E-state index is 0.130. The molecule has 0 saturated carbocycles. The van der Waals surface area contributed by atoms with E-state index in [1.165, 1.54) is 36.4 Å². The Hall–Kier alpha value is -2.46. The molecule has 2 heterocycles. The van der Waals surface area contributed by atoms with Gasteiger partial charge in [0.25, 0.3) is 0 Å². The van der Waals surface area contributed by atoms with Gasteiger partial charge in [-0.2, -0.15) is 5.26 Å². The van der Waals surface area contributed by atoms with Crippen LogP contribution < -0.4 is 0 Å². The zero-order chi connectivity index (χ0) is 13.0. The van der Waals surface area contributed by atoms with Crippen LogP contribution in [0.15, 0.2) is 40.8 Å². The molecule has 0 radical (unpaired) electrons. The monoisotopic (exact) mass is 258 g/mol. The molecule has 0 atom stereocenters. The number of hydrogen-bond donors (Lipinski definition) is 1. The maximum atomic E-state index is 10.6. The molecule has 0 amide bonds. The summed E-state index contributed by atoms with van der Waals surface area (Å²) in [6.45, 7) is 0. The normalized spacial score (nSPS) is 9.72. The van der Waals surface area contributed by atoms with Gasteiger partial charge in [-0.25, -0.2) is 19.7 Å². The number of aromatic nitrogens is 3. The number of nitrogens with zero attached hydrogens (tertiary/aromatic N) is 4. The van der Waals surface area contributed by atoms with E-state index in [1.807, 2.05) is 6.07 Å². The van der Waals surface area contributed by atoms with Gasteiger partial charge in [0.05, 0.1) is 18.0 Å². The molecular formula is C11H6N4O2S. The molecular weight excluding hydrogens is 252 g/mol. The molecule has 0 unspecified atom stereocenters. The molecule has 0 aliphatic heterocycles. The first-order chi connectivity index (χ1) is 8.69. The largest absolute Gasteiger partial charge is 0.478 e. The highest BCUT2D eigenvalue weighted by atomic mass is 32.2. The first kappa shape index (κ1) is 12.0. The van der Waals surface area contributed by atoms with Crippen LogP contribution >= 0.6 is 11.8 Å². The van der Waals surface area contributed by atoms with E-state index in [2.05, 4.69) is 15.0 Å². The predicted molar refractivity (Wildman–Crippen MR) is 62.1 cm³/mol. The lowest BCUT2D eigenvalue weighted by Crippen LogP contribution is -1.96. The highest BCUT2D eigenvalue weighted by Crippen LogP contribution is 2.23. The van der Waals surface area contributed by atoms with Crippen LogP contribution in [0.3, 0.4) is 0 Å². The molecule has 88 valence electrons. The van der Waals surface area contributed by atoms with E-state index in [0.717, 1.165) is 0 Å². The fourth-order valence-corrected chi connectivity index (χ4v) is 1.77. The average Bonchev–Trinajstić information content (AvgIpc) is 2.40. The van der Waals surface area contributed by atoms with Crippen LogP contribution in [0.4, 0.5) is 0 Å². The molecule has 2 aromatic rings. The van der Waals surface area contributed by atoms with Crippen LogP contribution in [0.2, 0.25) is 0 Å². The molecule has 2 rings (SSSR count). The summed E-state index contributed by atoms with van der Waals surface area (Å²) in [7, 11) is 0. The predicted octanol–water partition coefficient (Wildman–Crippen LogP) is 1.59. The highest BCUT2D eigenvalue weighted by Gasteiger charge is 2.05. The van der Waals surface area contributed by atoms with Crippen LogP contribution in [-0.2, 0) is 0 Å². The molecule has 0 fully saturated rings. The van der Waals surface area contributed by atoms with Gasteiger partial charge < -0.3 is 5.11 Å². The topological polar surface area (TPSA) is 99.8 Å². The van der Waals surface area contributed by atoms with Crippen LogP contribution in [-0.4, -0.2) is 26.0 Å². The van der Waals surface area contributed by atoms with E-state index in [4.69, 9.17) is 10.4 Å². The number of rotatable bonds is 3. The third-order valence-electron chi connectivity index (χ3n) is 1.94. The third-order valence-corrected chi connectivity index (χ3v) is 2.81. The summed E-state index contributed by atoms with van der Waals surface area (Å²) in [5.74, 6) is -1.02. The fourth-order valence-electron chi connectivity index (χ4n) is 1.10. The van der Waals surface area contributed by atoms with E-state index in [-0.39, 0.29) is 11.3 Å². The molecule has 0 bridgehead atoms. The van der Waals surface area contributed by atoms with Gasteiger partial charge in [0, 0.05) is 6.20 Å². The molecule has 0 aromatic carbocycles. The quantitative estimate of drug-likeness (QED) is 0.892. The van der Waals surface area contributed by atoms with Gasteiger partial charge in [0.1, 0.15) is 16.1 Å². The Bertz CT molecular complexity index is 604. The zero-order valence-corrected chi connectivity index (χ0v) is 9.76. The summed E-state index contributed by atoms with van der Waals surface area (Å²) in [6, 6.07) is 4.93. The molecule has 0 aliphatic carbocycles. The molecule has 2 aromatic heterocycles. The SMILES string of the molecule is N#Cc1cnc(Sc2ccc(C(=O)O)cn2)cn1. The van der Waals surface area contributed by atoms with Crippen molar-refractivity contribution in [1.29, 1.82) is 5.26 Å². The van der Waals surface area contributed by atoms with Crippen LogP contribution in [0, 0.1) is 11.3 Å². The van der Waals surface area contributed by atoms with Gasteiger partial charge in [-0.3, -0.25) is 0 Å². The Morgan fingerprint density at radius 1 is 1.17 bits per heavy atom. The molecule has 0 spiro atoms. The zero-order valence-electron chi connectivity index (χ0n) is 8.94. The highest BCUT2D eigenvalue weighted by molar-refractivity contribution is 7.99. The van der Waals surface area contributed by atoms with Crippen molar-refractivity contribution in [3.8, 4) is 6.07 Å². The van der Waals surface area contributed by atoms with E-state index < -0.39 is 5.97 Å². The maximum Gasteiger partial charge on any atom is 0.337 e. The first-order valence-corrected chi connectivity index (χ1v) is 5.60. The van der Waals surface area contributed by atoms with Crippen molar-refractivity contribution in [3.63, 3.8) is 0 Å². The first-order valence-electron chi connectivity index (χ1n) is 4.78. The van der Waals surface area contributed by atoms with Crippen molar-refractivity contribution in [2.75, 3.05) is 0 Å². The molecule has 1 N–H and O–H groups in total. The number of carboxylic acids is 1. The van der Waals surface area contributed by atoms with Crippen molar-refractivity contribution >= 4 is 17.7 Å². The van der Waals surface area contributed by atoms with Crippen LogP contribution in [0.1, 0.15) is 16.1 Å². The minimum Gasteiger partial charge on any atom is -0.478 e. The van der Waals surface area contributed by atoms with Gasteiger partial charge in [0.2, 0.25) is 0 Å². The van der Waals surface area contributed by atoms with E-state index >= 15 is 0 Å². The van der Waals surface area contributed by atoms with Crippen molar-refractivity contribution in [2.45, 2.75) is 10.1 Å². The van der Waals surface area contributed by atoms with Gasteiger partial charge in [-0.1, -0.05) is 0 Å². The van der Waals surface area contributed by atoms with Crippen LogP contribution in [0.5, 0.6) is 0 Å². The van der Waals surface area contributed by atoms with E-state index in [0.29, 0.717) is 10.1 Å². The number of carbonyl (C=O) groups is 1. The van der Waals surface area contributed by atoms with Crippen molar-refractivity contribution < 1.29 is 9.90 Å². The second-order valence-corrected chi connectivity index (χ2v) is 4.18. The molecule has 0 saturated heterocycles. The Labute approximate surface area is 106 Å². The lowest BCUT2D eigenvalue weighted by atomic mass is 10.3. The number of aromatic carboxylic acids is 1. The summed E-state index contributed by atoms with van der Waals surface area (Å²) >= 11 is 1.24. The van der Waals surface area contributed by atoms with Gasteiger partial charge in [-0.05, 0) is 23.9 Å². The number of carboxylic acid groups (broad SMARTS) is 1. The minimum atomic E-state index is -1.02. The van der Waals surface area contributed by atoms with Gasteiger partial charge in [0.15, 0.2) is 5.69 Å². The second-order valence-electron chi connectivity index (χ2n) is 3.14. The van der Waals surface area contributed by atoms with E-state index in [1.54, 1.807) is 6.07 Å². The van der Waals surface area contributed by atoms with Crippen LogP contribution in [0.25, 0.3) is 0 Å². The summed E-state index contributed by atoms with van der Waals surface area (Å²) in [5.41, 5.74) is 0.374. The third kappa shape index (κ3) is 2.81. The molecule has 0 aliphatic rings. The van der Waals surface area contributed by atoms with Gasteiger partial charge >= 0.3 is 5.97 Å². The lowest BCUT2D eigenvalue weighted by Gasteiger charge is -2.00. The Balaban J connectivity index is 2.13. The van der Waals surface area contributed by atoms with Crippen molar-refractivity contribution in [3.05, 3.63) is 42.0 Å². The Kier molecular flexibility index (Phi) is 3.50. The summed E-state index contributed by atoms with van der Waals surface area (Å²) in [6.07, 6.45) is 4.12. The summed E-state index contributed by atoms with van der Waals surface area (Å²) in [4.78, 5) is 22.5. The van der Waals surface area contributed by atoms with Gasteiger partial charge in [-0.15, -0.1) is 0 Å². The maximum absolute atomic E-state index is 10.6. The average molecular weight is 258 g/mol. The number of nitriles is 1. The second kappa shape index (κ2) is 5.25.